The van der Waals surface area contributed by atoms with Crippen LogP contribution in [0.1, 0.15) is 48.9 Å². The second-order valence-electron chi connectivity index (χ2n) is 11.1. The fourth-order valence-corrected chi connectivity index (χ4v) is 5.99. The SMILES string of the molecule is CNC(=O)OCCOCCOc1cc(-c2scnc2C)ccc1CNC(=O)[C@@H]1C[C@@H](O)CN1C(=O)C(c1cc(C)no1)C(C)C. The lowest BCUT2D eigenvalue weighted by atomic mass is 9.91. The van der Waals surface area contributed by atoms with Gasteiger partial charge in [-0.05, 0) is 31.4 Å². The van der Waals surface area contributed by atoms with Crippen LogP contribution in [0.3, 0.4) is 0 Å². The minimum absolute atomic E-state index is 0.0542. The van der Waals surface area contributed by atoms with E-state index in [0.717, 1.165) is 21.7 Å². The molecule has 45 heavy (non-hydrogen) atoms. The van der Waals surface area contributed by atoms with Gasteiger partial charge in [0.1, 0.15) is 36.7 Å². The number of thiazole rings is 1. The summed E-state index contributed by atoms with van der Waals surface area (Å²) in [5.74, 6) is -0.401. The van der Waals surface area contributed by atoms with Gasteiger partial charge in [0.05, 0.1) is 41.1 Å². The number of alkyl carbamates (subject to hydrolysis) is 1. The van der Waals surface area contributed by atoms with Crippen molar-refractivity contribution in [2.75, 3.05) is 40.0 Å². The lowest BCUT2D eigenvalue weighted by Crippen LogP contribution is -2.48. The molecule has 0 spiro atoms. The molecule has 244 valence electrons. The molecule has 13 nitrogen and oxygen atoms in total. The number of benzene rings is 1. The number of aromatic nitrogens is 2. The van der Waals surface area contributed by atoms with Crippen LogP contribution in [0.4, 0.5) is 4.79 Å². The van der Waals surface area contributed by atoms with Gasteiger partial charge in [-0.1, -0.05) is 31.1 Å². The molecule has 1 saturated heterocycles. The summed E-state index contributed by atoms with van der Waals surface area (Å²) in [5.41, 5.74) is 5.00. The molecule has 3 aromatic rings. The lowest BCUT2D eigenvalue weighted by Gasteiger charge is -2.28. The number of hydrogen-bond donors (Lipinski definition) is 3. The Hall–Kier alpha value is -4.01. The third kappa shape index (κ3) is 8.80. The van der Waals surface area contributed by atoms with Crippen molar-refractivity contribution in [3.05, 3.63) is 52.5 Å². The first-order valence-corrected chi connectivity index (χ1v) is 15.7. The molecule has 14 heteroatoms. The van der Waals surface area contributed by atoms with Crippen molar-refractivity contribution in [2.24, 2.45) is 5.92 Å². The van der Waals surface area contributed by atoms with Crippen LogP contribution < -0.4 is 15.4 Å². The van der Waals surface area contributed by atoms with Gasteiger partial charge in [-0.2, -0.15) is 0 Å². The van der Waals surface area contributed by atoms with Gasteiger partial charge in [0.25, 0.3) is 0 Å². The number of rotatable bonds is 14. The summed E-state index contributed by atoms with van der Waals surface area (Å²) in [5, 5.41) is 19.7. The van der Waals surface area contributed by atoms with Crippen LogP contribution in [-0.2, 0) is 25.6 Å². The van der Waals surface area contributed by atoms with Crippen LogP contribution in [-0.4, -0.2) is 90.2 Å². The molecule has 0 aliphatic carbocycles. The zero-order valence-corrected chi connectivity index (χ0v) is 27.0. The Morgan fingerprint density at radius 1 is 1.16 bits per heavy atom. The van der Waals surface area contributed by atoms with E-state index in [0.29, 0.717) is 17.2 Å². The van der Waals surface area contributed by atoms with Gasteiger partial charge in [0.2, 0.25) is 11.8 Å². The van der Waals surface area contributed by atoms with Gasteiger partial charge in [-0.25, -0.2) is 9.78 Å². The van der Waals surface area contributed by atoms with E-state index in [-0.39, 0.29) is 63.7 Å². The van der Waals surface area contributed by atoms with Crippen molar-refractivity contribution in [1.82, 2.24) is 25.7 Å². The summed E-state index contributed by atoms with van der Waals surface area (Å²) in [6, 6.07) is 6.62. The Morgan fingerprint density at radius 3 is 2.60 bits per heavy atom. The third-order valence-corrected chi connectivity index (χ3v) is 8.41. The van der Waals surface area contributed by atoms with Crippen molar-refractivity contribution in [1.29, 1.82) is 0 Å². The predicted octanol–water partition coefficient (Wildman–Crippen LogP) is 3.18. The monoisotopic (exact) mass is 643 g/mol. The Morgan fingerprint density at radius 2 is 1.93 bits per heavy atom. The molecule has 2 aromatic heterocycles. The maximum absolute atomic E-state index is 13.7. The van der Waals surface area contributed by atoms with Crippen LogP contribution >= 0.6 is 11.3 Å². The maximum atomic E-state index is 13.7. The maximum Gasteiger partial charge on any atom is 0.406 e. The number of carbonyl (C=O) groups excluding carboxylic acids is 3. The summed E-state index contributed by atoms with van der Waals surface area (Å²) in [7, 11) is 1.48. The second kappa shape index (κ2) is 15.8. The number of aryl methyl sites for hydroxylation is 2. The molecule has 3 amide bonds. The van der Waals surface area contributed by atoms with Gasteiger partial charge in [0, 0.05) is 38.2 Å². The highest BCUT2D eigenvalue weighted by Gasteiger charge is 2.43. The van der Waals surface area contributed by atoms with Gasteiger partial charge in [0.15, 0.2) is 0 Å². The standard InChI is InChI=1S/C31H41N5O8S/c1-18(2)27(26-12-19(3)35-44-26)30(39)36-16-23(37)14-24(36)29(38)33-15-22-7-6-21(28-20(4)34-17-45-28)13-25(22)42-10-8-41-9-11-43-31(40)32-5/h6-7,12-13,17-18,23-24,27,37H,8-11,14-16H2,1-5H3,(H,32,40)(H,33,38)/t23-,24+,27?/m1/s1. The van der Waals surface area contributed by atoms with E-state index in [2.05, 4.69) is 20.8 Å². The first-order valence-electron chi connectivity index (χ1n) is 14.9. The normalized spacial score (nSPS) is 16.9. The highest BCUT2D eigenvalue weighted by molar-refractivity contribution is 7.13. The third-order valence-electron chi connectivity index (χ3n) is 7.43. The molecule has 3 atom stereocenters. The van der Waals surface area contributed by atoms with E-state index < -0.39 is 24.2 Å². The average molecular weight is 644 g/mol. The number of hydrogen-bond acceptors (Lipinski definition) is 11. The predicted molar refractivity (Wildman–Crippen MR) is 166 cm³/mol. The molecule has 1 fully saturated rings. The molecule has 1 aliphatic rings. The molecule has 1 unspecified atom stereocenters. The van der Waals surface area contributed by atoms with E-state index in [1.54, 1.807) is 18.5 Å². The van der Waals surface area contributed by atoms with Crippen molar-refractivity contribution >= 4 is 29.2 Å². The Balaban J connectivity index is 1.43. The molecule has 3 N–H and O–H groups in total. The number of nitrogens with zero attached hydrogens (tertiary/aromatic N) is 3. The highest BCUT2D eigenvalue weighted by Crippen LogP contribution is 2.33. The van der Waals surface area contributed by atoms with E-state index in [1.165, 1.54) is 23.3 Å². The zero-order valence-electron chi connectivity index (χ0n) is 26.2. The zero-order chi connectivity index (χ0) is 32.5. The number of amides is 3. The molecule has 0 saturated carbocycles. The van der Waals surface area contributed by atoms with Crippen molar-refractivity contribution in [2.45, 2.75) is 58.7 Å². The second-order valence-corrected chi connectivity index (χ2v) is 12.0. The fraction of sp³-hybridized carbons (Fsp3) is 0.516. The smallest absolute Gasteiger partial charge is 0.406 e. The molecule has 3 heterocycles. The van der Waals surface area contributed by atoms with Crippen LogP contribution in [0.2, 0.25) is 0 Å². The van der Waals surface area contributed by atoms with Gasteiger partial charge >= 0.3 is 6.09 Å². The van der Waals surface area contributed by atoms with Crippen molar-refractivity contribution < 1.29 is 38.2 Å². The highest BCUT2D eigenvalue weighted by atomic mass is 32.1. The molecule has 1 aromatic carbocycles. The van der Waals surface area contributed by atoms with Crippen LogP contribution in [0.25, 0.3) is 10.4 Å². The summed E-state index contributed by atoms with van der Waals surface area (Å²) in [6.45, 7) is 8.54. The number of β-amino-alcohol motifs (C(OH)–C–C–N with tert-alkyl or cyclic N) is 1. The van der Waals surface area contributed by atoms with Crippen LogP contribution in [0.5, 0.6) is 5.75 Å². The molecule has 1 aliphatic heterocycles. The number of likely N-dealkylation sites (tertiary alicyclic amines) is 1. The van der Waals surface area contributed by atoms with Crippen LogP contribution in [0.15, 0.2) is 34.3 Å². The van der Waals surface area contributed by atoms with Gasteiger partial charge in [-0.3, -0.25) is 9.59 Å². The summed E-state index contributed by atoms with van der Waals surface area (Å²) >= 11 is 1.52. The molecule has 0 bridgehead atoms. The average Bonchev–Trinajstić information content (AvgIpc) is 3.75. The van der Waals surface area contributed by atoms with Crippen molar-refractivity contribution in [3.8, 4) is 16.2 Å². The van der Waals surface area contributed by atoms with Crippen LogP contribution in [0, 0.1) is 19.8 Å². The van der Waals surface area contributed by atoms with E-state index in [9.17, 15) is 19.5 Å². The molecular formula is C31H41N5O8S. The van der Waals surface area contributed by atoms with E-state index >= 15 is 0 Å². The van der Waals surface area contributed by atoms with Gasteiger partial charge < -0.3 is 39.4 Å². The Labute approximate surface area is 266 Å². The van der Waals surface area contributed by atoms with Gasteiger partial charge in [-0.15, -0.1) is 11.3 Å². The van der Waals surface area contributed by atoms with E-state index in [4.69, 9.17) is 18.7 Å². The number of ether oxygens (including phenoxy) is 3. The van der Waals surface area contributed by atoms with Crippen molar-refractivity contribution in [3.63, 3.8) is 0 Å². The lowest BCUT2D eigenvalue weighted by molar-refractivity contribution is -0.141. The topological polar surface area (TPSA) is 165 Å². The minimum atomic E-state index is -0.841. The molecule has 0 radical (unpaired) electrons. The number of nitrogens with one attached hydrogen (secondary N) is 2. The molecule has 4 rings (SSSR count). The minimum Gasteiger partial charge on any atom is -0.491 e. The number of carbonyl (C=O) groups is 3. The quantitative estimate of drug-likeness (QED) is 0.222. The first kappa shape index (κ1) is 33.9. The number of aliphatic hydroxyl groups excluding tert-OH is 1. The summed E-state index contributed by atoms with van der Waals surface area (Å²) in [6.07, 6.45) is -1.22. The Kier molecular flexibility index (Phi) is 11.9. The summed E-state index contributed by atoms with van der Waals surface area (Å²) in [4.78, 5) is 45.2. The fourth-order valence-electron chi connectivity index (χ4n) is 5.18. The Bertz CT molecular complexity index is 1460. The van der Waals surface area contributed by atoms with E-state index in [1.807, 2.05) is 39.0 Å². The molecular weight excluding hydrogens is 602 g/mol. The largest absolute Gasteiger partial charge is 0.491 e. The summed E-state index contributed by atoms with van der Waals surface area (Å²) < 4.78 is 21.9. The first-order chi connectivity index (χ1) is 21.6. The number of aliphatic hydroxyl groups is 1.